The average molecular weight is 385 g/mol. The van der Waals surface area contributed by atoms with Gasteiger partial charge in [0, 0.05) is 4.47 Å². The van der Waals surface area contributed by atoms with E-state index in [-0.39, 0.29) is 18.4 Å². The number of amides is 2. The Morgan fingerprint density at radius 3 is 2.26 bits per heavy atom. The van der Waals surface area contributed by atoms with Gasteiger partial charge in [-0.3, -0.25) is 20.4 Å². The summed E-state index contributed by atoms with van der Waals surface area (Å²) in [5.74, 6) is 0.0507. The number of ether oxygens (including phenoxy) is 1. The molecule has 2 amide bonds. The first-order valence-electron chi connectivity index (χ1n) is 7.93. The maximum Gasteiger partial charge on any atom is 0.293 e. The first-order chi connectivity index (χ1) is 11.1. The second kappa shape index (κ2) is 9.52. The van der Waals surface area contributed by atoms with Crippen molar-refractivity contribution in [3.05, 3.63) is 28.7 Å². The van der Waals surface area contributed by atoms with Gasteiger partial charge in [0.15, 0.2) is 13.2 Å². The zero-order valence-corrected chi connectivity index (χ0v) is 14.7. The van der Waals surface area contributed by atoms with Crippen molar-refractivity contribution in [3.8, 4) is 5.75 Å². The van der Waals surface area contributed by atoms with E-state index in [9.17, 15) is 9.59 Å². The average Bonchev–Trinajstić information content (AvgIpc) is 2.81. The molecule has 6 nitrogen and oxygen atoms in total. The minimum Gasteiger partial charge on any atom is -0.484 e. The Balaban J connectivity index is 1.63. The van der Waals surface area contributed by atoms with Crippen LogP contribution in [-0.4, -0.2) is 38.1 Å². The first-order valence-corrected chi connectivity index (χ1v) is 8.72. The van der Waals surface area contributed by atoms with Gasteiger partial charge >= 0.3 is 0 Å². The fourth-order valence-corrected chi connectivity index (χ4v) is 2.80. The molecule has 0 spiro atoms. The molecule has 2 rings (SSSR count). The van der Waals surface area contributed by atoms with E-state index in [0.29, 0.717) is 12.3 Å². The third-order valence-electron chi connectivity index (χ3n) is 3.75. The second-order valence-electron chi connectivity index (χ2n) is 5.68. The Kier molecular flexibility index (Phi) is 7.35. The Bertz CT molecular complexity index is 514. The van der Waals surface area contributed by atoms with Crippen molar-refractivity contribution in [1.82, 2.24) is 10.9 Å². The van der Waals surface area contributed by atoms with Crippen molar-refractivity contribution in [2.24, 2.45) is 0 Å². The monoisotopic (exact) mass is 384 g/mol. The molecule has 0 atom stereocenters. The van der Waals surface area contributed by atoms with Crippen LogP contribution in [0.1, 0.15) is 25.7 Å². The van der Waals surface area contributed by atoms with Crippen LogP contribution in [0.3, 0.4) is 0 Å². The molecule has 1 aromatic rings. The largest absolute Gasteiger partial charge is 0.484 e. The molecule has 0 aliphatic carbocycles. The summed E-state index contributed by atoms with van der Waals surface area (Å²) in [6.45, 7) is 2.30. The lowest BCUT2D eigenvalue weighted by Gasteiger charge is -2.16. The van der Waals surface area contributed by atoms with Gasteiger partial charge in [0.25, 0.3) is 11.8 Å². The van der Waals surface area contributed by atoms with Crippen LogP contribution in [0.5, 0.6) is 5.75 Å². The summed E-state index contributed by atoms with van der Waals surface area (Å²) >= 11 is 3.33. The zero-order valence-electron chi connectivity index (χ0n) is 13.1. The molecule has 0 unspecified atom stereocenters. The van der Waals surface area contributed by atoms with E-state index in [2.05, 4.69) is 26.8 Å². The van der Waals surface area contributed by atoms with E-state index in [1.807, 2.05) is 12.1 Å². The number of benzene rings is 1. The van der Waals surface area contributed by atoms with E-state index in [4.69, 9.17) is 4.74 Å². The number of likely N-dealkylation sites (tertiary alicyclic amines) is 1. The predicted molar refractivity (Wildman–Crippen MR) is 90.0 cm³/mol. The standard InChI is InChI=1S/C16H22BrN3O3/c17-13-5-7-14(8-6-13)23-12-16(22)19-18-15(21)11-20-9-3-1-2-4-10-20/h5-8H,1-4,9-12H2,(H,18,21)(H,19,22)/p+1. The number of hydrogen-bond acceptors (Lipinski definition) is 3. The molecule has 0 saturated carbocycles. The molecule has 126 valence electrons. The van der Waals surface area contributed by atoms with Gasteiger partial charge < -0.3 is 9.64 Å². The molecule has 0 radical (unpaired) electrons. The topological polar surface area (TPSA) is 71.9 Å². The number of carbonyl (C=O) groups excluding carboxylic acids is 2. The van der Waals surface area contributed by atoms with Gasteiger partial charge in [-0.05, 0) is 49.9 Å². The third-order valence-corrected chi connectivity index (χ3v) is 4.27. The van der Waals surface area contributed by atoms with Crippen LogP contribution in [0.25, 0.3) is 0 Å². The summed E-state index contributed by atoms with van der Waals surface area (Å²) < 4.78 is 6.27. The minimum absolute atomic E-state index is 0.140. The fourth-order valence-electron chi connectivity index (χ4n) is 2.53. The van der Waals surface area contributed by atoms with Gasteiger partial charge in [-0.15, -0.1) is 0 Å². The highest BCUT2D eigenvalue weighted by Crippen LogP contribution is 2.15. The van der Waals surface area contributed by atoms with E-state index >= 15 is 0 Å². The molecule has 0 bridgehead atoms. The molecule has 7 heteroatoms. The normalized spacial score (nSPS) is 15.5. The zero-order chi connectivity index (χ0) is 16.5. The lowest BCUT2D eigenvalue weighted by Crippen LogP contribution is -3.13. The van der Waals surface area contributed by atoms with Crippen molar-refractivity contribution in [2.45, 2.75) is 25.7 Å². The van der Waals surface area contributed by atoms with Crippen molar-refractivity contribution < 1.29 is 19.2 Å². The predicted octanol–water partition coefficient (Wildman–Crippen LogP) is 0.434. The number of quaternary nitrogens is 1. The Morgan fingerprint density at radius 2 is 1.61 bits per heavy atom. The summed E-state index contributed by atoms with van der Waals surface area (Å²) in [4.78, 5) is 24.8. The maximum absolute atomic E-state index is 11.8. The van der Waals surface area contributed by atoms with Gasteiger partial charge in [-0.25, -0.2) is 0 Å². The number of halogens is 1. The van der Waals surface area contributed by atoms with Crippen molar-refractivity contribution >= 4 is 27.7 Å². The van der Waals surface area contributed by atoms with Crippen LogP contribution in [0, 0.1) is 0 Å². The number of rotatable bonds is 5. The molecule has 23 heavy (non-hydrogen) atoms. The van der Waals surface area contributed by atoms with Crippen LogP contribution in [0.2, 0.25) is 0 Å². The van der Waals surface area contributed by atoms with E-state index in [1.54, 1.807) is 12.1 Å². The van der Waals surface area contributed by atoms with Crippen molar-refractivity contribution in [2.75, 3.05) is 26.2 Å². The molecule has 1 saturated heterocycles. The molecule has 1 fully saturated rings. The molecular weight excluding hydrogens is 362 g/mol. The summed E-state index contributed by atoms with van der Waals surface area (Å²) in [5.41, 5.74) is 4.83. The number of hydrogen-bond donors (Lipinski definition) is 3. The molecular formula is C16H23BrN3O3+. The molecule has 1 heterocycles. The summed E-state index contributed by atoms with van der Waals surface area (Å²) in [6, 6.07) is 7.19. The fraction of sp³-hybridized carbons (Fsp3) is 0.500. The highest BCUT2D eigenvalue weighted by atomic mass is 79.9. The van der Waals surface area contributed by atoms with Crippen molar-refractivity contribution in [3.63, 3.8) is 0 Å². The Hall–Kier alpha value is -1.60. The lowest BCUT2D eigenvalue weighted by molar-refractivity contribution is -0.891. The van der Waals surface area contributed by atoms with E-state index in [0.717, 1.165) is 30.4 Å². The Labute approximate surface area is 144 Å². The molecule has 1 aliphatic heterocycles. The van der Waals surface area contributed by atoms with Crippen LogP contribution >= 0.6 is 15.9 Å². The molecule has 3 N–H and O–H groups in total. The summed E-state index contributed by atoms with van der Waals surface area (Å²) in [7, 11) is 0. The van der Waals surface area contributed by atoms with Crippen LogP contribution in [0.15, 0.2) is 28.7 Å². The maximum atomic E-state index is 11.8. The third kappa shape index (κ3) is 7.00. The number of nitrogens with one attached hydrogen (secondary N) is 3. The van der Waals surface area contributed by atoms with Gasteiger partial charge in [0.2, 0.25) is 0 Å². The van der Waals surface area contributed by atoms with Crippen LogP contribution in [-0.2, 0) is 9.59 Å². The minimum atomic E-state index is -0.382. The number of hydrazine groups is 1. The summed E-state index contributed by atoms with van der Waals surface area (Å²) in [6.07, 6.45) is 4.82. The quantitative estimate of drug-likeness (QED) is 0.644. The molecule has 1 aliphatic rings. The van der Waals surface area contributed by atoms with Gasteiger partial charge in [0.1, 0.15) is 5.75 Å². The van der Waals surface area contributed by atoms with Gasteiger partial charge in [0.05, 0.1) is 13.1 Å². The van der Waals surface area contributed by atoms with E-state index in [1.165, 1.54) is 17.7 Å². The highest BCUT2D eigenvalue weighted by molar-refractivity contribution is 9.10. The van der Waals surface area contributed by atoms with Crippen molar-refractivity contribution in [1.29, 1.82) is 0 Å². The molecule has 0 aromatic heterocycles. The lowest BCUT2D eigenvalue weighted by atomic mass is 10.2. The second-order valence-corrected chi connectivity index (χ2v) is 6.60. The van der Waals surface area contributed by atoms with E-state index < -0.39 is 0 Å². The smallest absolute Gasteiger partial charge is 0.293 e. The Morgan fingerprint density at radius 1 is 1.00 bits per heavy atom. The van der Waals surface area contributed by atoms with Crippen LogP contribution < -0.4 is 20.5 Å². The van der Waals surface area contributed by atoms with Crippen LogP contribution in [0.4, 0.5) is 0 Å². The summed E-state index contributed by atoms with van der Waals surface area (Å²) in [5, 5.41) is 0. The molecule has 1 aromatic carbocycles. The van der Waals surface area contributed by atoms with Gasteiger partial charge in [-0.1, -0.05) is 15.9 Å². The first kappa shape index (κ1) is 17.7. The van der Waals surface area contributed by atoms with Gasteiger partial charge in [-0.2, -0.15) is 0 Å². The SMILES string of the molecule is O=C(COc1ccc(Br)cc1)NNC(=O)C[NH+]1CCCCCC1. The highest BCUT2D eigenvalue weighted by Gasteiger charge is 2.16. The number of carbonyl (C=O) groups is 2.